The molecule has 0 N–H and O–H groups in total. The molecule has 62 valence electrons. The van der Waals surface area contributed by atoms with Crippen LogP contribution in [0.3, 0.4) is 0 Å². The van der Waals surface area contributed by atoms with Crippen molar-refractivity contribution in [1.82, 2.24) is 4.90 Å². The molecular formula is C7H11NO3. The maximum absolute atomic E-state index is 10.9. The molecule has 1 atom stereocenters. The van der Waals surface area contributed by atoms with Gasteiger partial charge in [-0.25, -0.2) is 4.79 Å². The normalized spacial score (nSPS) is 23.6. The van der Waals surface area contributed by atoms with Gasteiger partial charge in [0.15, 0.2) is 6.73 Å². The third kappa shape index (κ3) is 1.34. The number of esters is 1. The van der Waals surface area contributed by atoms with Crippen LogP contribution in [-0.2, 0) is 14.3 Å². The molecule has 11 heavy (non-hydrogen) atoms. The van der Waals surface area contributed by atoms with Crippen molar-refractivity contribution in [2.75, 3.05) is 6.73 Å². The molecule has 0 aliphatic carbocycles. The van der Waals surface area contributed by atoms with E-state index >= 15 is 0 Å². The van der Waals surface area contributed by atoms with Crippen LogP contribution in [0.25, 0.3) is 0 Å². The first-order valence-corrected chi connectivity index (χ1v) is 3.60. The van der Waals surface area contributed by atoms with E-state index in [9.17, 15) is 9.59 Å². The molecule has 0 unspecified atom stereocenters. The summed E-state index contributed by atoms with van der Waals surface area (Å²) in [5.41, 5.74) is 0. The van der Waals surface area contributed by atoms with E-state index in [1.165, 1.54) is 11.8 Å². The number of carbonyl (C=O) groups excluding carboxylic acids is 2. The highest BCUT2D eigenvalue weighted by atomic mass is 16.6. The second kappa shape index (κ2) is 2.90. The van der Waals surface area contributed by atoms with Gasteiger partial charge in [-0.1, -0.05) is 6.92 Å². The number of carbonyl (C=O) groups is 2. The lowest BCUT2D eigenvalue weighted by molar-refractivity contribution is -0.139. The zero-order chi connectivity index (χ0) is 8.43. The molecule has 0 bridgehead atoms. The zero-order valence-electron chi connectivity index (χ0n) is 6.66. The fourth-order valence-corrected chi connectivity index (χ4v) is 1.14. The Morgan fingerprint density at radius 2 is 2.45 bits per heavy atom. The van der Waals surface area contributed by atoms with Gasteiger partial charge in [0.2, 0.25) is 5.91 Å². The van der Waals surface area contributed by atoms with Crippen LogP contribution in [0.2, 0.25) is 0 Å². The van der Waals surface area contributed by atoms with Crippen molar-refractivity contribution in [3.8, 4) is 0 Å². The quantitative estimate of drug-likeness (QED) is 0.508. The molecule has 1 rings (SSSR count). The fourth-order valence-electron chi connectivity index (χ4n) is 1.14. The van der Waals surface area contributed by atoms with Crippen LogP contribution in [0, 0.1) is 0 Å². The summed E-state index contributed by atoms with van der Waals surface area (Å²) in [6, 6.07) is -0.354. The summed E-state index contributed by atoms with van der Waals surface area (Å²) in [4.78, 5) is 23.2. The Kier molecular flexibility index (Phi) is 2.12. The predicted octanol–water partition coefficient (Wildman–Crippen LogP) is 0.128. The SMILES string of the molecule is CC[C@H]1C(=O)OCN1C(C)=O. The van der Waals surface area contributed by atoms with Gasteiger partial charge in [-0.15, -0.1) is 0 Å². The first kappa shape index (κ1) is 8.04. The van der Waals surface area contributed by atoms with Gasteiger partial charge in [0.25, 0.3) is 0 Å². The predicted molar refractivity (Wildman–Crippen MR) is 37.6 cm³/mol. The van der Waals surface area contributed by atoms with E-state index in [1.807, 2.05) is 6.92 Å². The van der Waals surface area contributed by atoms with Gasteiger partial charge < -0.3 is 4.74 Å². The third-order valence-corrected chi connectivity index (χ3v) is 1.79. The second-order valence-electron chi connectivity index (χ2n) is 2.51. The van der Waals surface area contributed by atoms with Crippen molar-refractivity contribution in [3.05, 3.63) is 0 Å². The Balaban J connectivity index is 2.68. The summed E-state index contributed by atoms with van der Waals surface area (Å²) in [6.07, 6.45) is 0.623. The number of amides is 1. The van der Waals surface area contributed by atoms with Gasteiger partial charge in [-0.3, -0.25) is 9.69 Å². The number of cyclic esters (lactones) is 1. The number of hydrogen-bond donors (Lipinski definition) is 0. The Morgan fingerprint density at radius 1 is 1.82 bits per heavy atom. The van der Waals surface area contributed by atoms with E-state index in [2.05, 4.69) is 0 Å². The Morgan fingerprint density at radius 3 is 2.82 bits per heavy atom. The first-order chi connectivity index (χ1) is 5.16. The van der Waals surface area contributed by atoms with E-state index in [4.69, 9.17) is 4.74 Å². The molecule has 0 spiro atoms. The number of nitrogens with zero attached hydrogens (tertiary/aromatic N) is 1. The van der Waals surface area contributed by atoms with E-state index in [0.29, 0.717) is 6.42 Å². The average molecular weight is 157 g/mol. The molecule has 0 aromatic carbocycles. The van der Waals surface area contributed by atoms with Gasteiger partial charge in [-0.05, 0) is 6.42 Å². The molecule has 0 aromatic heterocycles. The minimum atomic E-state index is -0.354. The lowest BCUT2D eigenvalue weighted by atomic mass is 10.2. The van der Waals surface area contributed by atoms with Gasteiger partial charge in [0.1, 0.15) is 6.04 Å². The van der Waals surface area contributed by atoms with E-state index < -0.39 is 0 Å². The Bertz CT molecular complexity index is 190. The van der Waals surface area contributed by atoms with E-state index in [1.54, 1.807) is 0 Å². The van der Waals surface area contributed by atoms with E-state index in [0.717, 1.165) is 0 Å². The smallest absolute Gasteiger partial charge is 0.330 e. The topological polar surface area (TPSA) is 46.6 Å². The molecule has 1 fully saturated rings. The molecule has 1 amide bonds. The largest absolute Gasteiger partial charge is 0.443 e. The highest BCUT2D eigenvalue weighted by Crippen LogP contribution is 2.13. The summed E-state index contributed by atoms with van der Waals surface area (Å²) < 4.78 is 4.70. The van der Waals surface area contributed by atoms with Gasteiger partial charge >= 0.3 is 5.97 Å². The van der Waals surface area contributed by atoms with Crippen molar-refractivity contribution in [2.45, 2.75) is 26.3 Å². The molecule has 0 saturated carbocycles. The summed E-state index contributed by atoms with van der Waals surface area (Å²) in [5, 5.41) is 0. The van der Waals surface area contributed by atoms with Crippen LogP contribution in [0.15, 0.2) is 0 Å². The minimum Gasteiger partial charge on any atom is -0.443 e. The summed E-state index contributed by atoms with van der Waals surface area (Å²) in [5.74, 6) is -0.398. The van der Waals surface area contributed by atoms with E-state index in [-0.39, 0.29) is 24.6 Å². The van der Waals surface area contributed by atoms with Gasteiger partial charge in [0.05, 0.1) is 0 Å². The van der Waals surface area contributed by atoms with Crippen molar-refractivity contribution in [2.24, 2.45) is 0 Å². The Hall–Kier alpha value is -1.06. The standard InChI is InChI=1S/C7H11NO3/c1-3-6-7(10)11-4-8(6)5(2)9/h6H,3-4H2,1-2H3/t6-/m0/s1. The number of ether oxygens (including phenoxy) is 1. The van der Waals surface area contributed by atoms with Crippen LogP contribution in [-0.4, -0.2) is 29.5 Å². The van der Waals surface area contributed by atoms with Crippen LogP contribution in [0.1, 0.15) is 20.3 Å². The first-order valence-electron chi connectivity index (χ1n) is 3.60. The molecular weight excluding hydrogens is 146 g/mol. The molecule has 0 aromatic rings. The number of rotatable bonds is 1. The van der Waals surface area contributed by atoms with Gasteiger partial charge in [-0.2, -0.15) is 0 Å². The molecule has 4 nitrogen and oxygen atoms in total. The summed E-state index contributed by atoms with van der Waals surface area (Å²) >= 11 is 0. The van der Waals surface area contributed by atoms with Crippen molar-refractivity contribution >= 4 is 11.9 Å². The zero-order valence-corrected chi connectivity index (χ0v) is 6.66. The summed E-state index contributed by atoms with van der Waals surface area (Å²) in [7, 11) is 0. The molecule has 1 saturated heterocycles. The van der Waals surface area contributed by atoms with Crippen LogP contribution >= 0.6 is 0 Å². The number of hydrogen-bond acceptors (Lipinski definition) is 3. The third-order valence-electron chi connectivity index (χ3n) is 1.79. The van der Waals surface area contributed by atoms with Crippen LogP contribution in [0.5, 0.6) is 0 Å². The highest BCUT2D eigenvalue weighted by molar-refractivity contribution is 5.85. The van der Waals surface area contributed by atoms with Crippen LogP contribution in [0.4, 0.5) is 0 Å². The second-order valence-corrected chi connectivity index (χ2v) is 2.51. The van der Waals surface area contributed by atoms with Crippen molar-refractivity contribution < 1.29 is 14.3 Å². The van der Waals surface area contributed by atoms with Crippen molar-refractivity contribution in [1.29, 1.82) is 0 Å². The molecule has 0 radical (unpaired) electrons. The van der Waals surface area contributed by atoms with Crippen LogP contribution < -0.4 is 0 Å². The average Bonchev–Trinajstić information content (AvgIpc) is 2.30. The molecule has 1 aliphatic rings. The summed E-state index contributed by atoms with van der Waals surface area (Å²) in [6.45, 7) is 3.41. The fraction of sp³-hybridized carbons (Fsp3) is 0.714. The monoisotopic (exact) mass is 157 g/mol. The lowest BCUT2D eigenvalue weighted by Crippen LogP contribution is -2.35. The molecule has 4 heteroatoms. The highest BCUT2D eigenvalue weighted by Gasteiger charge is 2.34. The maximum Gasteiger partial charge on any atom is 0.330 e. The maximum atomic E-state index is 10.9. The lowest BCUT2D eigenvalue weighted by Gasteiger charge is -2.15. The molecule has 1 heterocycles. The minimum absolute atomic E-state index is 0.109. The van der Waals surface area contributed by atoms with Crippen molar-refractivity contribution in [3.63, 3.8) is 0 Å². The molecule has 1 aliphatic heterocycles. The van der Waals surface area contributed by atoms with Gasteiger partial charge in [0, 0.05) is 6.92 Å². The Labute approximate surface area is 65.1 Å².